The minimum absolute atomic E-state index is 0.0103. The predicted molar refractivity (Wildman–Crippen MR) is 74.4 cm³/mol. The summed E-state index contributed by atoms with van der Waals surface area (Å²) in [7, 11) is 0. The summed E-state index contributed by atoms with van der Waals surface area (Å²) in [6.45, 7) is 0.766. The summed E-state index contributed by atoms with van der Waals surface area (Å²) < 4.78 is 5.86. The van der Waals surface area contributed by atoms with Gasteiger partial charge in [-0.25, -0.2) is 0 Å². The van der Waals surface area contributed by atoms with E-state index in [-0.39, 0.29) is 6.04 Å². The number of rotatable bonds is 6. The Morgan fingerprint density at radius 3 is 2.83 bits per heavy atom. The summed E-state index contributed by atoms with van der Waals surface area (Å²) in [5.41, 5.74) is 12.9. The molecular formula is C15H22N2O. The van der Waals surface area contributed by atoms with Gasteiger partial charge in [0, 0.05) is 0 Å². The molecule has 0 aromatic heterocycles. The van der Waals surface area contributed by atoms with Crippen LogP contribution in [0.25, 0.3) is 0 Å². The average Bonchev–Trinajstić information content (AvgIpc) is 2.43. The fourth-order valence-electron chi connectivity index (χ4n) is 2.21. The van der Waals surface area contributed by atoms with Crippen LogP contribution >= 0.6 is 0 Å². The van der Waals surface area contributed by atoms with E-state index in [0.29, 0.717) is 0 Å². The maximum absolute atomic E-state index is 6.16. The average molecular weight is 246 g/mol. The van der Waals surface area contributed by atoms with E-state index in [2.05, 4.69) is 12.1 Å². The van der Waals surface area contributed by atoms with Gasteiger partial charge in [0.1, 0.15) is 11.5 Å². The minimum Gasteiger partial charge on any atom is -0.460 e. The molecule has 18 heavy (non-hydrogen) atoms. The molecule has 1 unspecified atom stereocenters. The molecule has 3 nitrogen and oxygen atoms in total. The highest BCUT2D eigenvalue weighted by molar-refractivity contribution is 5.39. The van der Waals surface area contributed by atoms with E-state index in [4.69, 9.17) is 16.2 Å². The van der Waals surface area contributed by atoms with Crippen molar-refractivity contribution in [2.45, 2.75) is 38.1 Å². The van der Waals surface area contributed by atoms with Gasteiger partial charge in [-0.2, -0.15) is 0 Å². The van der Waals surface area contributed by atoms with Gasteiger partial charge in [-0.1, -0.05) is 31.0 Å². The topological polar surface area (TPSA) is 61.3 Å². The first-order valence-electron chi connectivity index (χ1n) is 6.72. The van der Waals surface area contributed by atoms with Crippen molar-refractivity contribution in [3.63, 3.8) is 0 Å². The van der Waals surface area contributed by atoms with Crippen LogP contribution in [-0.4, -0.2) is 12.6 Å². The van der Waals surface area contributed by atoms with Gasteiger partial charge < -0.3 is 16.2 Å². The van der Waals surface area contributed by atoms with Gasteiger partial charge in [-0.15, -0.1) is 0 Å². The van der Waals surface area contributed by atoms with Gasteiger partial charge in [0.25, 0.3) is 0 Å². The number of para-hydroxylation sites is 1. The first-order valence-corrected chi connectivity index (χ1v) is 6.72. The van der Waals surface area contributed by atoms with Gasteiger partial charge in [-0.3, -0.25) is 0 Å². The van der Waals surface area contributed by atoms with Crippen LogP contribution < -0.4 is 16.2 Å². The quantitative estimate of drug-likeness (QED) is 0.757. The summed E-state index contributed by atoms with van der Waals surface area (Å²) in [5, 5.41) is 0. The van der Waals surface area contributed by atoms with Gasteiger partial charge in [-0.05, 0) is 43.5 Å². The standard InChI is InChI=1S/C15H22N2O/c16-11-5-1-2-7-13(17)15-10-9-12-6-3-4-8-14(12)18-15/h3-4,6,8,10,13H,1-2,5,7,9,11,16-17H2. The Morgan fingerprint density at radius 2 is 2.00 bits per heavy atom. The van der Waals surface area contributed by atoms with E-state index >= 15 is 0 Å². The van der Waals surface area contributed by atoms with Crippen LogP contribution in [-0.2, 0) is 6.42 Å². The van der Waals surface area contributed by atoms with Crippen LogP contribution in [0.2, 0.25) is 0 Å². The fourth-order valence-corrected chi connectivity index (χ4v) is 2.21. The first-order chi connectivity index (χ1) is 8.81. The maximum atomic E-state index is 6.16. The summed E-state index contributed by atoms with van der Waals surface area (Å²) in [6.07, 6.45) is 7.33. The Kier molecular flexibility index (Phi) is 4.79. The molecule has 1 heterocycles. The molecule has 1 atom stereocenters. The number of unbranched alkanes of at least 4 members (excludes halogenated alkanes) is 2. The Bertz CT molecular complexity index is 415. The number of nitrogens with two attached hydrogens (primary N) is 2. The van der Waals surface area contributed by atoms with Gasteiger partial charge in [0.2, 0.25) is 0 Å². The number of fused-ring (bicyclic) bond motifs is 1. The fraction of sp³-hybridized carbons (Fsp3) is 0.467. The van der Waals surface area contributed by atoms with E-state index in [1.54, 1.807) is 0 Å². The van der Waals surface area contributed by atoms with E-state index < -0.39 is 0 Å². The van der Waals surface area contributed by atoms with Crippen molar-refractivity contribution in [1.29, 1.82) is 0 Å². The molecule has 1 aromatic rings. The zero-order valence-corrected chi connectivity index (χ0v) is 10.8. The van der Waals surface area contributed by atoms with Crippen LogP contribution in [0.1, 0.15) is 31.2 Å². The van der Waals surface area contributed by atoms with Crippen molar-refractivity contribution >= 4 is 0 Å². The molecule has 1 aromatic carbocycles. The molecule has 1 aliphatic heterocycles. The zero-order valence-electron chi connectivity index (χ0n) is 10.8. The van der Waals surface area contributed by atoms with E-state index in [9.17, 15) is 0 Å². The second-order valence-corrected chi connectivity index (χ2v) is 4.76. The third-order valence-electron chi connectivity index (χ3n) is 3.31. The van der Waals surface area contributed by atoms with E-state index in [1.165, 1.54) is 5.56 Å². The lowest BCUT2D eigenvalue weighted by molar-refractivity contribution is 0.358. The van der Waals surface area contributed by atoms with Crippen molar-refractivity contribution in [3.8, 4) is 5.75 Å². The molecule has 0 bridgehead atoms. The molecule has 0 fully saturated rings. The molecule has 3 heteroatoms. The van der Waals surface area contributed by atoms with Crippen LogP contribution in [0, 0.1) is 0 Å². The van der Waals surface area contributed by atoms with Crippen LogP contribution in [0.5, 0.6) is 5.75 Å². The Hall–Kier alpha value is -1.32. The molecule has 0 saturated carbocycles. The van der Waals surface area contributed by atoms with Crippen molar-refractivity contribution < 1.29 is 4.74 Å². The van der Waals surface area contributed by atoms with Crippen molar-refractivity contribution in [1.82, 2.24) is 0 Å². The monoisotopic (exact) mass is 246 g/mol. The minimum atomic E-state index is 0.0103. The molecular weight excluding hydrogens is 224 g/mol. The number of hydrogen-bond donors (Lipinski definition) is 2. The first kappa shape index (κ1) is 13.1. The Morgan fingerprint density at radius 1 is 1.17 bits per heavy atom. The molecule has 2 rings (SSSR count). The highest BCUT2D eigenvalue weighted by atomic mass is 16.5. The highest BCUT2D eigenvalue weighted by Gasteiger charge is 2.17. The number of allylic oxidation sites excluding steroid dienone is 1. The van der Waals surface area contributed by atoms with Crippen molar-refractivity contribution in [2.24, 2.45) is 11.5 Å². The van der Waals surface area contributed by atoms with Crippen LogP contribution in [0.3, 0.4) is 0 Å². The number of hydrogen-bond acceptors (Lipinski definition) is 3. The third-order valence-corrected chi connectivity index (χ3v) is 3.31. The van der Waals surface area contributed by atoms with Crippen LogP contribution in [0.4, 0.5) is 0 Å². The molecule has 0 saturated heterocycles. The summed E-state index contributed by atoms with van der Waals surface area (Å²) in [5.74, 6) is 1.87. The number of benzene rings is 1. The Balaban J connectivity index is 1.86. The summed E-state index contributed by atoms with van der Waals surface area (Å²) >= 11 is 0. The summed E-state index contributed by atoms with van der Waals surface area (Å²) in [6, 6.07) is 8.14. The molecule has 0 radical (unpaired) electrons. The van der Waals surface area contributed by atoms with Gasteiger partial charge in [0.15, 0.2) is 0 Å². The SMILES string of the molecule is NCCCCCC(N)C1=CCc2ccccc2O1. The lowest BCUT2D eigenvalue weighted by Gasteiger charge is -2.22. The second-order valence-electron chi connectivity index (χ2n) is 4.76. The van der Waals surface area contributed by atoms with Gasteiger partial charge in [0.05, 0.1) is 6.04 Å². The lowest BCUT2D eigenvalue weighted by Crippen LogP contribution is -2.27. The van der Waals surface area contributed by atoms with Crippen molar-refractivity contribution in [3.05, 3.63) is 41.7 Å². The smallest absolute Gasteiger partial charge is 0.130 e. The number of ether oxygens (including phenoxy) is 1. The highest BCUT2D eigenvalue weighted by Crippen LogP contribution is 2.27. The maximum Gasteiger partial charge on any atom is 0.130 e. The Labute approximate surface area is 109 Å². The van der Waals surface area contributed by atoms with Crippen molar-refractivity contribution in [2.75, 3.05) is 6.54 Å². The molecule has 0 amide bonds. The molecule has 0 spiro atoms. The third kappa shape index (κ3) is 3.34. The summed E-state index contributed by atoms with van der Waals surface area (Å²) in [4.78, 5) is 0. The normalized spacial score (nSPS) is 15.6. The van der Waals surface area contributed by atoms with E-state index in [1.807, 2.05) is 18.2 Å². The second kappa shape index (κ2) is 6.57. The predicted octanol–water partition coefficient (Wildman–Crippen LogP) is 2.35. The van der Waals surface area contributed by atoms with Gasteiger partial charge >= 0.3 is 0 Å². The molecule has 4 N–H and O–H groups in total. The molecule has 1 aliphatic rings. The molecule has 0 aliphatic carbocycles. The zero-order chi connectivity index (χ0) is 12.8. The van der Waals surface area contributed by atoms with E-state index in [0.717, 1.165) is 50.2 Å². The largest absolute Gasteiger partial charge is 0.460 e. The molecule has 98 valence electrons. The lowest BCUT2D eigenvalue weighted by atomic mass is 10.0. The van der Waals surface area contributed by atoms with Crippen LogP contribution in [0.15, 0.2) is 36.1 Å².